The van der Waals surface area contributed by atoms with Gasteiger partial charge in [-0.1, -0.05) is 11.6 Å². The van der Waals surface area contributed by atoms with Crippen LogP contribution in [-0.4, -0.2) is 25.6 Å². The van der Waals surface area contributed by atoms with Gasteiger partial charge in [0, 0.05) is 25.2 Å². The van der Waals surface area contributed by atoms with Crippen LogP contribution in [-0.2, 0) is 6.42 Å². The van der Waals surface area contributed by atoms with Gasteiger partial charge in [-0.3, -0.25) is 4.98 Å². The first-order valence-corrected chi connectivity index (χ1v) is 7.23. The van der Waals surface area contributed by atoms with Crippen LogP contribution in [0.15, 0.2) is 12.1 Å². The molecule has 0 saturated carbocycles. The molecule has 108 valence electrons. The van der Waals surface area contributed by atoms with Crippen LogP contribution in [0.1, 0.15) is 28.8 Å². The van der Waals surface area contributed by atoms with Crippen molar-refractivity contribution < 1.29 is 0 Å². The zero-order valence-corrected chi connectivity index (χ0v) is 13.2. The highest BCUT2D eigenvalue weighted by atomic mass is 15.1. The molecule has 0 unspecified atom stereocenters. The summed E-state index contributed by atoms with van der Waals surface area (Å²) in [6.45, 7) is 7.11. The van der Waals surface area contributed by atoms with Crippen LogP contribution in [0, 0.1) is 20.8 Å². The molecule has 0 saturated heterocycles. The highest BCUT2D eigenvalue weighted by Gasteiger charge is 2.15. The van der Waals surface area contributed by atoms with Gasteiger partial charge in [0.1, 0.15) is 0 Å². The lowest BCUT2D eigenvalue weighted by Crippen LogP contribution is -2.15. The van der Waals surface area contributed by atoms with Crippen molar-refractivity contribution >= 4 is 16.6 Å². The Morgan fingerprint density at radius 1 is 1.15 bits per heavy atom. The van der Waals surface area contributed by atoms with E-state index in [1.165, 1.54) is 27.8 Å². The highest BCUT2D eigenvalue weighted by Crippen LogP contribution is 2.33. The minimum absolute atomic E-state index is 0.719. The summed E-state index contributed by atoms with van der Waals surface area (Å²) in [7, 11) is 4.22. The molecule has 0 aliphatic heterocycles. The molecule has 2 aromatic rings. The highest BCUT2D eigenvalue weighted by molar-refractivity contribution is 5.96. The average molecular weight is 271 g/mol. The van der Waals surface area contributed by atoms with Gasteiger partial charge in [-0.2, -0.15) is 0 Å². The van der Waals surface area contributed by atoms with Crippen LogP contribution in [0.3, 0.4) is 0 Å². The maximum atomic E-state index is 5.68. The van der Waals surface area contributed by atoms with E-state index in [0.717, 1.165) is 30.6 Å². The number of pyridine rings is 1. The molecule has 0 aliphatic carbocycles. The van der Waals surface area contributed by atoms with Crippen LogP contribution < -0.4 is 10.6 Å². The lowest BCUT2D eigenvalue weighted by Gasteiger charge is -2.22. The van der Waals surface area contributed by atoms with Gasteiger partial charge in [0.2, 0.25) is 0 Å². The van der Waals surface area contributed by atoms with E-state index in [-0.39, 0.29) is 0 Å². The first-order valence-electron chi connectivity index (χ1n) is 7.23. The van der Waals surface area contributed by atoms with E-state index in [1.807, 2.05) is 0 Å². The van der Waals surface area contributed by atoms with Crippen LogP contribution in [0.5, 0.6) is 0 Å². The van der Waals surface area contributed by atoms with E-state index in [1.54, 1.807) is 0 Å². The lowest BCUT2D eigenvalue weighted by molar-refractivity contribution is 0.820. The van der Waals surface area contributed by atoms with Crippen molar-refractivity contribution in [3.05, 3.63) is 34.5 Å². The Morgan fingerprint density at radius 2 is 1.85 bits per heavy atom. The summed E-state index contributed by atoms with van der Waals surface area (Å²) in [4.78, 5) is 7.05. The molecule has 3 nitrogen and oxygen atoms in total. The van der Waals surface area contributed by atoms with Gasteiger partial charge >= 0.3 is 0 Å². The molecule has 1 heterocycles. The Balaban J connectivity index is 2.79. The monoisotopic (exact) mass is 271 g/mol. The third-order valence-electron chi connectivity index (χ3n) is 3.78. The number of anilines is 1. The SMILES string of the molecule is Cc1cc(C)c2nc(C)c(CCCN)c(N(C)C)c2c1. The van der Waals surface area contributed by atoms with Crippen LogP contribution >= 0.6 is 0 Å². The second kappa shape index (κ2) is 5.80. The van der Waals surface area contributed by atoms with Crippen molar-refractivity contribution in [2.45, 2.75) is 33.6 Å². The van der Waals surface area contributed by atoms with Crippen LogP contribution in [0.25, 0.3) is 10.9 Å². The molecule has 0 fully saturated rings. The van der Waals surface area contributed by atoms with Gasteiger partial charge in [-0.15, -0.1) is 0 Å². The van der Waals surface area contributed by atoms with Crippen molar-refractivity contribution in [2.24, 2.45) is 5.73 Å². The first kappa shape index (κ1) is 14.8. The zero-order chi connectivity index (χ0) is 14.9. The standard InChI is InChI=1S/C17H25N3/c1-11-9-12(2)16-15(10-11)17(20(4)5)14(7-6-8-18)13(3)19-16/h9-10H,6-8,18H2,1-5H3. The fourth-order valence-electron chi connectivity index (χ4n) is 2.95. The van der Waals surface area contributed by atoms with Gasteiger partial charge in [0.25, 0.3) is 0 Å². The predicted molar refractivity (Wildman–Crippen MR) is 87.7 cm³/mol. The maximum Gasteiger partial charge on any atom is 0.0755 e. The van der Waals surface area contributed by atoms with Crippen molar-refractivity contribution in [3.8, 4) is 0 Å². The number of benzene rings is 1. The Morgan fingerprint density at radius 3 is 2.45 bits per heavy atom. The summed E-state index contributed by atoms with van der Waals surface area (Å²) in [6, 6.07) is 4.45. The second-order valence-electron chi connectivity index (χ2n) is 5.79. The van der Waals surface area contributed by atoms with Crippen LogP contribution in [0.2, 0.25) is 0 Å². The number of nitrogens with two attached hydrogens (primary N) is 1. The molecule has 0 radical (unpaired) electrons. The van der Waals surface area contributed by atoms with Crippen molar-refractivity contribution in [2.75, 3.05) is 25.5 Å². The maximum absolute atomic E-state index is 5.68. The van der Waals surface area contributed by atoms with Crippen molar-refractivity contribution in [1.29, 1.82) is 0 Å². The van der Waals surface area contributed by atoms with Gasteiger partial charge in [-0.05, 0) is 57.4 Å². The first-order chi connectivity index (χ1) is 9.45. The number of hydrogen-bond acceptors (Lipinski definition) is 3. The molecule has 2 N–H and O–H groups in total. The minimum atomic E-state index is 0.719. The van der Waals surface area contributed by atoms with Gasteiger partial charge in [0.05, 0.1) is 11.2 Å². The molecule has 20 heavy (non-hydrogen) atoms. The molecule has 0 amide bonds. The molecule has 3 heteroatoms. The van der Waals surface area contributed by atoms with E-state index < -0.39 is 0 Å². The largest absolute Gasteiger partial charge is 0.377 e. The van der Waals surface area contributed by atoms with E-state index in [4.69, 9.17) is 10.7 Å². The van der Waals surface area contributed by atoms with Gasteiger partial charge in [0.15, 0.2) is 0 Å². The summed E-state index contributed by atoms with van der Waals surface area (Å²) in [5.41, 5.74) is 13.1. The number of hydrogen-bond donors (Lipinski definition) is 1. The summed E-state index contributed by atoms with van der Waals surface area (Å²) < 4.78 is 0. The molecule has 0 bridgehead atoms. The van der Waals surface area contributed by atoms with E-state index in [2.05, 4.69) is 51.9 Å². The second-order valence-corrected chi connectivity index (χ2v) is 5.79. The number of aryl methyl sites for hydroxylation is 3. The zero-order valence-electron chi connectivity index (χ0n) is 13.2. The fourth-order valence-corrected chi connectivity index (χ4v) is 2.95. The Bertz CT molecular complexity index is 630. The van der Waals surface area contributed by atoms with Crippen molar-refractivity contribution in [1.82, 2.24) is 4.98 Å². The summed E-state index contributed by atoms with van der Waals surface area (Å²) >= 11 is 0. The molecule has 0 spiro atoms. The molecule has 1 aromatic heterocycles. The number of aromatic nitrogens is 1. The smallest absolute Gasteiger partial charge is 0.0755 e. The fraction of sp³-hybridized carbons (Fsp3) is 0.471. The van der Waals surface area contributed by atoms with E-state index in [0.29, 0.717) is 0 Å². The Labute approximate surface area is 121 Å². The number of nitrogens with zero attached hydrogens (tertiary/aromatic N) is 2. The quantitative estimate of drug-likeness (QED) is 0.929. The number of rotatable bonds is 4. The number of fused-ring (bicyclic) bond motifs is 1. The van der Waals surface area contributed by atoms with Gasteiger partial charge in [-0.25, -0.2) is 0 Å². The topological polar surface area (TPSA) is 42.1 Å². The Hall–Kier alpha value is -1.61. The van der Waals surface area contributed by atoms with E-state index >= 15 is 0 Å². The third-order valence-corrected chi connectivity index (χ3v) is 3.78. The van der Waals surface area contributed by atoms with Crippen LogP contribution in [0.4, 0.5) is 5.69 Å². The summed E-state index contributed by atoms with van der Waals surface area (Å²) in [5.74, 6) is 0. The Kier molecular flexibility index (Phi) is 4.29. The summed E-state index contributed by atoms with van der Waals surface area (Å²) in [5, 5.41) is 1.25. The van der Waals surface area contributed by atoms with E-state index in [9.17, 15) is 0 Å². The molecule has 1 aromatic carbocycles. The lowest BCUT2D eigenvalue weighted by atomic mass is 9.98. The molecule has 2 rings (SSSR count). The average Bonchev–Trinajstić information content (AvgIpc) is 2.36. The molecular formula is C17H25N3. The summed E-state index contributed by atoms with van der Waals surface area (Å²) in [6.07, 6.45) is 1.99. The van der Waals surface area contributed by atoms with Crippen molar-refractivity contribution in [3.63, 3.8) is 0 Å². The third kappa shape index (κ3) is 2.63. The minimum Gasteiger partial charge on any atom is -0.377 e. The normalized spacial score (nSPS) is 11.1. The molecule has 0 aliphatic rings. The molecular weight excluding hydrogens is 246 g/mol. The predicted octanol–water partition coefficient (Wildman–Crippen LogP) is 3.12. The molecule has 0 atom stereocenters. The van der Waals surface area contributed by atoms with Gasteiger partial charge < -0.3 is 10.6 Å².